The van der Waals surface area contributed by atoms with Gasteiger partial charge in [-0.2, -0.15) is 0 Å². The van der Waals surface area contributed by atoms with Gasteiger partial charge in [0, 0.05) is 19.6 Å². The van der Waals surface area contributed by atoms with Crippen molar-refractivity contribution in [2.45, 2.75) is 13.0 Å². The third-order valence-corrected chi connectivity index (χ3v) is 4.08. The molecule has 0 unspecified atom stereocenters. The maximum absolute atomic E-state index is 10.9. The van der Waals surface area contributed by atoms with Crippen LogP contribution in [0.25, 0.3) is 0 Å². The molecule has 2 aromatic carbocycles. The van der Waals surface area contributed by atoms with Gasteiger partial charge in [0.15, 0.2) is 0 Å². The van der Waals surface area contributed by atoms with Crippen LogP contribution in [0.1, 0.15) is 11.1 Å². The molecule has 6 nitrogen and oxygen atoms in total. The van der Waals surface area contributed by atoms with Crippen LogP contribution in [0.5, 0.6) is 5.75 Å². The Kier molecular flexibility index (Phi) is 4.43. The molecule has 2 N–H and O–H groups in total. The van der Waals surface area contributed by atoms with Gasteiger partial charge in [-0.1, -0.05) is 24.3 Å². The fourth-order valence-corrected chi connectivity index (χ4v) is 2.81. The fourth-order valence-electron chi connectivity index (χ4n) is 2.81. The molecule has 0 amide bonds. The fraction of sp³-hybridized carbons (Fsp3) is 0.294. The van der Waals surface area contributed by atoms with Crippen molar-refractivity contribution < 1.29 is 9.66 Å². The Hall–Kier alpha value is -2.60. The van der Waals surface area contributed by atoms with Crippen LogP contribution in [-0.4, -0.2) is 29.5 Å². The topological polar surface area (TPSA) is 81.6 Å². The molecular weight excluding hydrogens is 294 g/mol. The summed E-state index contributed by atoms with van der Waals surface area (Å²) < 4.78 is 5.64. The van der Waals surface area contributed by atoms with Gasteiger partial charge in [-0.15, -0.1) is 0 Å². The standard InChI is InChI=1S/C17H19N3O3/c18-16-6-5-15(11-17(16)20(21)22)23-10-9-19-8-7-13-3-1-2-4-14(13)12-19/h1-6,11H,7-10,12,18H2. The second kappa shape index (κ2) is 6.66. The molecule has 2 aromatic rings. The number of hydrogen-bond acceptors (Lipinski definition) is 5. The highest BCUT2D eigenvalue weighted by atomic mass is 16.6. The zero-order chi connectivity index (χ0) is 16.2. The molecule has 120 valence electrons. The van der Waals surface area contributed by atoms with Crippen molar-refractivity contribution in [3.8, 4) is 5.75 Å². The number of nitrogen functional groups attached to an aromatic ring is 1. The predicted octanol–water partition coefficient (Wildman–Crippen LogP) is 2.61. The largest absolute Gasteiger partial charge is 0.492 e. The van der Waals surface area contributed by atoms with E-state index in [0.717, 1.165) is 26.1 Å². The van der Waals surface area contributed by atoms with Gasteiger partial charge in [0.2, 0.25) is 0 Å². The van der Waals surface area contributed by atoms with E-state index in [1.54, 1.807) is 6.07 Å². The quantitative estimate of drug-likeness (QED) is 0.521. The first-order valence-corrected chi connectivity index (χ1v) is 7.59. The van der Waals surface area contributed by atoms with Gasteiger partial charge in [0.05, 0.1) is 11.0 Å². The molecular formula is C17H19N3O3. The van der Waals surface area contributed by atoms with Gasteiger partial charge < -0.3 is 10.5 Å². The zero-order valence-corrected chi connectivity index (χ0v) is 12.8. The van der Waals surface area contributed by atoms with E-state index in [0.29, 0.717) is 12.4 Å². The minimum atomic E-state index is -0.496. The molecule has 1 aliphatic rings. The van der Waals surface area contributed by atoms with E-state index in [-0.39, 0.29) is 11.4 Å². The molecule has 1 aliphatic heterocycles. The Bertz CT molecular complexity index is 718. The third-order valence-electron chi connectivity index (χ3n) is 4.08. The lowest BCUT2D eigenvalue weighted by Crippen LogP contribution is -2.33. The van der Waals surface area contributed by atoms with Crippen molar-refractivity contribution in [3.05, 3.63) is 63.7 Å². The lowest BCUT2D eigenvalue weighted by atomic mass is 10.0. The SMILES string of the molecule is Nc1ccc(OCCN2CCc3ccccc3C2)cc1[N+](=O)[O-]. The number of hydrogen-bond donors (Lipinski definition) is 1. The number of nitrogens with two attached hydrogens (primary N) is 1. The van der Waals surface area contributed by atoms with E-state index in [4.69, 9.17) is 10.5 Å². The molecule has 0 bridgehead atoms. The molecule has 23 heavy (non-hydrogen) atoms. The molecule has 0 atom stereocenters. The van der Waals surface area contributed by atoms with Crippen molar-refractivity contribution in [1.82, 2.24) is 4.90 Å². The summed E-state index contributed by atoms with van der Waals surface area (Å²) in [6.07, 6.45) is 1.05. The van der Waals surface area contributed by atoms with Crippen LogP contribution >= 0.6 is 0 Å². The Morgan fingerprint density at radius 3 is 2.78 bits per heavy atom. The lowest BCUT2D eigenvalue weighted by molar-refractivity contribution is -0.384. The molecule has 0 aliphatic carbocycles. The smallest absolute Gasteiger partial charge is 0.295 e. The first kappa shape index (κ1) is 15.3. The van der Waals surface area contributed by atoms with Crippen LogP contribution in [0.2, 0.25) is 0 Å². The highest BCUT2D eigenvalue weighted by Crippen LogP contribution is 2.26. The number of fused-ring (bicyclic) bond motifs is 1. The summed E-state index contributed by atoms with van der Waals surface area (Å²) in [5, 5.41) is 10.9. The Labute approximate surface area is 134 Å². The molecule has 0 radical (unpaired) electrons. The van der Waals surface area contributed by atoms with Gasteiger partial charge in [-0.05, 0) is 29.7 Å². The summed E-state index contributed by atoms with van der Waals surface area (Å²) in [6, 6.07) is 13.0. The van der Waals surface area contributed by atoms with Crippen LogP contribution < -0.4 is 10.5 Å². The molecule has 0 saturated heterocycles. The summed E-state index contributed by atoms with van der Waals surface area (Å²) in [4.78, 5) is 12.7. The minimum Gasteiger partial charge on any atom is -0.492 e. The van der Waals surface area contributed by atoms with Gasteiger partial charge in [0.1, 0.15) is 18.0 Å². The normalized spacial score (nSPS) is 14.3. The summed E-state index contributed by atoms with van der Waals surface area (Å²) in [6.45, 7) is 3.19. The molecule has 0 spiro atoms. The number of rotatable bonds is 5. The molecule has 0 saturated carbocycles. The Balaban J connectivity index is 1.54. The highest BCUT2D eigenvalue weighted by molar-refractivity contribution is 5.60. The van der Waals surface area contributed by atoms with Crippen LogP contribution in [-0.2, 0) is 13.0 Å². The molecule has 0 fully saturated rings. The first-order chi connectivity index (χ1) is 11.1. The van der Waals surface area contributed by atoms with E-state index in [2.05, 4.69) is 29.2 Å². The molecule has 0 aromatic heterocycles. The number of benzene rings is 2. The van der Waals surface area contributed by atoms with Gasteiger partial charge in [-0.3, -0.25) is 15.0 Å². The summed E-state index contributed by atoms with van der Waals surface area (Å²) in [7, 11) is 0. The number of nitrogens with zero attached hydrogens (tertiary/aromatic N) is 2. The van der Waals surface area contributed by atoms with Crippen molar-refractivity contribution in [1.29, 1.82) is 0 Å². The van der Waals surface area contributed by atoms with E-state index < -0.39 is 4.92 Å². The number of ether oxygens (including phenoxy) is 1. The van der Waals surface area contributed by atoms with E-state index in [1.807, 2.05) is 0 Å². The zero-order valence-electron chi connectivity index (χ0n) is 12.8. The highest BCUT2D eigenvalue weighted by Gasteiger charge is 2.16. The maximum Gasteiger partial charge on any atom is 0.295 e. The van der Waals surface area contributed by atoms with Crippen LogP contribution in [0.3, 0.4) is 0 Å². The average molecular weight is 313 g/mol. The number of anilines is 1. The molecule has 3 rings (SSSR count). The lowest BCUT2D eigenvalue weighted by Gasteiger charge is -2.28. The van der Waals surface area contributed by atoms with Gasteiger partial charge in [0.25, 0.3) is 5.69 Å². The van der Waals surface area contributed by atoms with Crippen LogP contribution in [0, 0.1) is 10.1 Å². The summed E-state index contributed by atoms with van der Waals surface area (Å²) in [5.74, 6) is 0.475. The summed E-state index contributed by atoms with van der Waals surface area (Å²) >= 11 is 0. The first-order valence-electron chi connectivity index (χ1n) is 7.59. The van der Waals surface area contributed by atoms with Crippen molar-refractivity contribution >= 4 is 11.4 Å². The van der Waals surface area contributed by atoms with E-state index >= 15 is 0 Å². The number of nitro groups is 1. The van der Waals surface area contributed by atoms with Crippen molar-refractivity contribution in [3.63, 3.8) is 0 Å². The minimum absolute atomic E-state index is 0.116. The molecule has 1 heterocycles. The average Bonchev–Trinajstić information content (AvgIpc) is 2.56. The van der Waals surface area contributed by atoms with Crippen LogP contribution in [0.15, 0.2) is 42.5 Å². The summed E-state index contributed by atoms with van der Waals surface area (Å²) in [5.41, 5.74) is 8.39. The van der Waals surface area contributed by atoms with Crippen molar-refractivity contribution in [2.75, 3.05) is 25.4 Å². The van der Waals surface area contributed by atoms with Gasteiger partial charge in [-0.25, -0.2) is 0 Å². The Morgan fingerprint density at radius 2 is 2.00 bits per heavy atom. The van der Waals surface area contributed by atoms with Crippen molar-refractivity contribution in [2.24, 2.45) is 0 Å². The molecule has 6 heteroatoms. The monoisotopic (exact) mass is 313 g/mol. The Morgan fingerprint density at radius 1 is 1.22 bits per heavy atom. The van der Waals surface area contributed by atoms with Crippen LogP contribution in [0.4, 0.5) is 11.4 Å². The third kappa shape index (κ3) is 3.60. The maximum atomic E-state index is 10.9. The van der Waals surface area contributed by atoms with E-state index in [1.165, 1.54) is 23.3 Å². The number of nitro benzene ring substituents is 1. The second-order valence-electron chi connectivity index (χ2n) is 5.62. The second-order valence-corrected chi connectivity index (χ2v) is 5.62. The van der Waals surface area contributed by atoms with Gasteiger partial charge >= 0.3 is 0 Å². The predicted molar refractivity (Wildman–Crippen MR) is 88.4 cm³/mol. The van der Waals surface area contributed by atoms with E-state index in [9.17, 15) is 10.1 Å².